The summed E-state index contributed by atoms with van der Waals surface area (Å²) in [6, 6.07) is 15.1. The maximum Gasteiger partial charge on any atom is 0.243 e. The maximum atomic E-state index is 13.0. The van der Waals surface area contributed by atoms with Crippen molar-refractivity contribution in [2.45, 2.75) is 31.2 Å². The Hall–Kier alpha value is -2.18. The number of aromatic nitrogens is 2. The lowest BCUT2D eigenvalue weighted by Gasteiger charge is -2.25. The Bertz CT molecular complexity index is 1010. The first-order chi connectivity index (χ1) is 12.1. The molecule has 0 fully saturated rings. The Kier molecular flexibility index (Phi) is 4.09. The molecule has 5 nitrogen and oxygen atoms in total. The molecule has 25 heavy (non-hydrogen) atoms. The summed E-state index contributed by atoms with van der Waals surface area (Å²) in [5.41, 5.74) is 3.11. The molecule has 4 rings (SSSR count). The number of rotatable bonds is 2. The van der Waals surface area contributed by atoms with Crippen LogP contribution in [-0.2, 0) is 23.0 Å². The maximum absolute atomic E-state index is 13.0. The molecule has 0 saturated carbocycles. The molecule has 0 radical (unpaired) electrons. The van der Waals surface area contributed by atoms with E-state index >= 15 is 0 Å². The van der Waals surface area contributed by atoms with Crippen molar-refractivity contribution in [2.75, 3.05) is 13.1 Å². The molecule has 0 bridgehead atoms. The molecule has 0 amide bonds. The van der Waals surface area contributed by atoms with Gasteiger partial charge in [-0.1, -0.05) is 29.8 Å². The average Bonchev–Trinajstić information content (AvgIpc) is 2.92. The molecule has 2 heterocycles. The second-order valence-corrected chi connectivity index (χ2v) is 8.43. The Morgan fingerprint density at radius 1 is 0.960 bits per heavy atom. The van der Waals surface area contributed by atoms with Crippen LogP contribution in [0.1, 0.15) is 17.8 Å². The van der Waals surface area contributed by atoms with E-state index in [0.717, 1.165) is 35.3 Å². The second-order valence-electron chi connectivity index (χ2n) is 6.49. The van der Waals surface area contributed by atoms with E-state index in [1.54, 1.807) is 16.4 Å². The fourth-order valence-electron chi connectivity index (χ4n) is 3.40. The van der Waals surface area contributed by atoms with E-state index in [9.17, 15) is 8.42 Å². The molecule has 1 aliphatic rings. The van der Waals surface area contributed by atoms with E-state index in [1.165, 1.54) is 0 Å². The number of nitrogens with zero attached hydrogens (tertiary/aromatic N) is 3. The smallest absolute Gasteiger partial charge is 0.243 e. The number of hydrogen-bond donors (Lipinski definition) is 0. The van der Waals surface area contributed by atoms with Crippen LogP contribution in [-0.4, -0.2) is 35.4 Å². The highest BCUT2D eigenvalue weighted by molar-refractivity contribution is 7.89. The predicted octanol–water partition coefficient (Wildman–Crippen LogP) is 2.98. The van der Waals surface area contributed by atoms with Crippen molar-refractivity contribution in [3.8, 4) is 0 Å². The molecule has 2 aromatic carbocycles. The molecule has 0 unspecified atom stereocenters. The summed E-state index contributed by atoms with van der Waals surface area (Å²) in [6.45, 7) is 3.57. The minimum absolute atomic E-state index is 0.370. The van der Waals surface area contributed by atoms with Crippen molar-refractivity contribution >= 4 is 21.1 Å². The Balaban J connectivity index is 1.65. The van der Waals surface area contributed by atoms with Crippen LogP contribution >= 0.6 is 0 Å². The summed E-state index contributed by atoms with van der Waals surface area (Å²) >= 11 is 0. The third-order valence-electron chi connectivity index (χ3n) is 4.77. The summed E-state index contributed by atoms with van der Waals surface area (Å²) in [5, 5.41) is 0. The molecule has 1 aliphatic heterocycles. The third kappa shape index (κ3) is 2.96. The van der Waals surface area contributed by atoms with Gasteiger partial charge in [-0.2, -0.15) is 4.31 Å². The van der Waals surface area contributed by atoms with Gasteiger partial charge in [-0.25, -0.2) is 13.4 Å². The van der Waals surface area contributed by atoms with Gasteiger partial charge in [0.05, 0.1) is 15.9 Å². The molecule has 0 spiro atoms. The zero-order chi connectivity index (χ0) is 17.4. The highest BCUT2D eigenvalue weighted by Gasteiger charge is 2.26. The van der Waals surface area contributed by atoms with Crippen molar-refractivity contribution in [3.63, 3.8) is 0 Å². The highest BCUT2D eigenvalue weighted by atomic mass is 32.2. The molecule has 130 valence electrons. The van der Waals surface area contributed by atoms with Gasteiger partial charge < -0.3 is 4.57 Å². The topological polar surface area (TPSA) is 55.2 Å². The largest absolute Gasteiger partial charge is 0.327 e. The van der Waals surface area contributed by atoms with Gasteiger partial charge in [-0.05, 0) is 37.6 Å². The number of benzene rings is 2. The molecular weight excluding hydrogens is 334 g/mol. The normalized spacial score (nSPS) is 16.4. The summed E-state index contributed by atoms with van der Waals surface area (Å²) < 4.78 is 29.7. The molecule has 1 aromatic heterocycles. The van der Waals surface area contributed by atoms with Crippen LogP contribution in [0.15, 0.2) is 53.4 Å². The minimum atomic E-state index is -3.46. The van der Waals surface area contributed by atoms with Crippen molar-refractivity contribution in [3.05, 3.63) is 59.9 Å². The van der Waals surface area contributed by atoms with Gasteiger partial charge in [0, 0.05) is 26.1 Å². The summed E-state index contributed by atoms with van der Waals surface area (Å²) in [4.78, 5) is 5.07. The Morgan fingerprint density at radius 3 is 2.52 bits per heavy atom. The van der Waals surface area contributed by atoms with Gasteiger partial charge in [0.25, 0.3) is 0 Å². The van der Waals surface area contributed by atoms with E-state index in [4.69, 9.17) is 4.98 Å². The SMILES string of the molecule is Cc1ccc(S(=O)(=O)N2CCCc3nc4ccccc4n3CC2)cc1. The molecule has 0 aliphatic carbocycles. The number of aryl methyl sites for hydroxylation is 2. The lowest BCUT2D eigenvalue weighted by atomic mass is 10.2. The van der Waals surface area contributed by atoms with Crippen LogP contribution in [0.5, 0.6) is 0 Å². The van der Waals surface area contributed by atoms with Crippen molar-refractivity contribution < 1.29 is 8.42 Å². The first kappa shape index (κ1) is 16.3. The Labute approximate surface area is 148 Å². The van der Waals surface area contributed by atoms with E-state index in [2.05, 4.69) is 4.57 Å². The molecule has 0 atom stereocenters. The van der Waals surface area contributed by atoms with E-state index < -0.39 is 10.0 Å². The summed E-state index contributed by atoms with van der Waals surface area (Å²) in [5.74, 6) is 1.05. The second kappa shape index (κ2) is 6.28. The third-order valence-corrected chi connectivity index (χ3v) is 6.69. The zero-order valence-corrected chi connectivity index (χ0v) is 15.0. The minimum Gasteiger partial charge on any atom is -0.327 e. The highest BCUT2D eigenvalue weighted by Crippen LogP contribution is 2.22. The number of hydrogen-bond acceptors (Lipinski definition) is 3. The van der Waals surface area contributed by atoms with E-state index in [0.29, 0.717) is 24.5 Å². The van der Waals surface area contributed by atoms with Crippen LogP contribution < -0.4 is 0 Å². The van der Waals surface area contributed by atoms with Gasteiger partial charge in [0.15, 0.2) is 0 Å². The standard InChI is InChI=1S/C19H21N3O2S/c1-15-8-10-16(11-9-15)25(23,24)21-12-4-7-19-20-17-5-2-3-6-18(17)22(19)14-13-21/h2-3,5-6,8-11H,4,7,12-14H2,1H3. The van der Waals surface area contributed by atoms with Crippen molar-refractivity contribution in [2.24, 2.45) is 0 Å². The monoisotopic (exact) mass is 355 g/mol. The summed E-state index contributed by atoms with van der Waals surface area (Å²) in [7, 11) is -3.46. The fourth-order valence-corrected chi connectivity index (χ4v) is 4.87. The van der Waals surface area contributed by atoms with Crippen molar-refractivity contribution in [1.82, 2.24) is 13.9 Å². The first-order valence-corrected chi connectivity index (χ1v) is 10.0. The van der Waals surface area contributed by atoms with Gasteiger partial charge in [0.1, 0.15) is 5.82 Å². The zero-order valence-electron chi connectivity index (χ0n) is 14.2. The van der Waals surface area contributed by atoms with Crippen LogP contribution in [0.4, 0.5) is 0 Å². The molecular formula is C19H21N3O2S. The van der Waals surface area contributed by atoms with Crippen LogP contribution in [0.3, 0.4) is 0 Å². The average molecular weight is 355 g/mol. The lowest BCUT2D eigenvalue weighted by molar-refractivity contribution is 0.369. The number of imidazole rings is 1. The molecule has 0 N–H and O–H groups in total. The van der Waals surface area contributed by atoms with Crippen LogP contribution in [0.25, 0.3) is 11.0 Å². The van der Waals surface area contributed by atoms with E-state index in [-0.39, 0.29) is 0 Å². The predicted molar refractivity (Wildman–Crippen MR) is 98.0 cm³/mol. The molecule has 6 heteroatoms. The molecule has 0 saturated heterocycles. The van der Waals surface area contributed by atoms with Gasteiger partial charge in [0.2, 0.25) is 10.0 Å². The van der Waals surface area contributed by atoms with Crippen molar-refractivity contribution in [1.29, 1.82) is 0 Å². The Morgan fingerprint density at radius 2 is 1.72 bits per heavy atom. The lowest BCUT2D eigenvalue weighted by Crippen LogP contribution is -2.36. The number of sulfonamides is 1. The number of fused-ring (bicyclic) bond motifs is 3. The molecule has 3 aromatic rings. The van der Waals surface area contributed by atoms with Gasteiger partial charge in [-0.3, -0.25) is 0 Å². The van der Waals surface area contributed by atoms with Crippen LogP contribution in [0, 0.1) is 6.92 Å². The van der Waals surface area contributed by atoms with Gasteiger partial charge >= 0.3 is 0 Å². The summed E-state index contributed by atoms with van der Waals surface area (Å²) in [6.07, 6.45) is 1.56. The van der Waals surface area contributed by atoms with Gasteiger partial charge in [-0.15, -0.1) is 0 Å². The van der Waals surface area contributed by atoms with E-state index in [1.807, 2.05) is 43.3 Å². The quantitative estimate of drug-likeness (QED) is 0.710. The van der Waals surface area contributed by atoms with Crippen LogP contribution in [0.2, 0.25) is 0 Å². The fraction of sp³-hybridized carbons (Fsp3) is 0.316. The first-order valence-electron chi connectivity index (χ1n) is 8.57. The number of para-hydroxylation sites is 2.